The molecule has 0 atom stereocenters. The number of nitriles is 1. The van der Waals surface area contributed by atoms with E-state index in [0.717, 1.165) is 68.8 Å². The number of aryl methyl sites for hydroxylation is 1. The van der Waals surface area contributed by atoms with Gasteiger partial charge >= 0.3 is 6.18 Å². The predicted molar refractivity (Wildman–Crippen MR) is 121 cm³/mol. The second-order valence-electron chi connectivity index (χ2n) is 9.76. The first-order valence-corrected chi connectivity index (χ1v) is 11.9. The Balaban J connectivity index is 1.27. The van der Waals surface area contributed by atoms with Crippen molar-refractivity contribution in [3.63, 3.8) is 0 Å². The van der Waals surface area contributed by atoms with E-state index in [4.69, 9.17) is 0 Å². The van der Waals surface area contributed by atoms with Crippen LogP contribution in [0.2, 0.25) is 0 Å². The summed E-state index contributed by atoms with van der Waals surface area (Å²) >= 11 is 0. The highest BCUT2D eigenvalue weighted by Crippen LogP contribution is 2.42. The van der Waals surface area contributed by atoms with Gasteiger partial charge in [-0.2, -0.15) is 18.4 Å². The summed E-state index contributed by atoms with van der Waals surface area (Å²) in [6.07, 6.45) is 3.54. The van der Waals surface area contributed by atoms with Crippen molar-refractivity contribution in [1.82, 2.24) is 14.5 Å². The molecule has 0 amide bonds. The third kappa shape index (κ3) is 4.72. The maximum absolute atomic E-state index is 12.9. The summed E-state index contributed by atoms with van der Waals surface area (Å²) in [6.45, 7) is 4.84. The first kappa shape index (κ1) is 22.2. The normalized spacial score (nSPS) is 19.4. The van der Waals surface area contributed by atoms with Crippen molar-refractivity contribution in [3.05, 3.63) is 57.7 Å². The molecule has 1 saturated carbocycles. The highest BCUT2D eigenvalue weighted by atomic mass is 19.4. The topological polar surface area (TPSA) is 44.9 Å². The van der Waals surface area contributed by atoms with Gasteiger partial charge < -0.3 is 4.57 Å². The summed E-state index contributed by atoms with van der Waals surface area (Å²) in [4.78, 5) is 7.00. The van der Waals surface area contributed by atoms with E-state index < -0.39 is 12.6 Å². The smallest absolute Gasteiger partial charge is 0.329 e. The van der Waals surface area contributed by atoms with Crippen molar-refractivity contribution in [3.8, 4) is 6.07 Å². The van der Waals surface area contributed by atoms with Crippen molar-refractivity contribution < 1.29 is 13.2 Å². The molecule has 3 aliphatic rings. The van der Waals surface area contributed by atoms with Crippen LogP contribution < -0.4 is 0 Å². The molecule has 7 heteroatoms. The molecule has 1 aliphatic heterocycles. The van der Waals surface area contributed by atoms with Crippen LogP contribution in [0.25, 0.3) is 6.08 Å². The number of likely N-dealkylation sites (tertiary alicyclic amines) is 1. The Bertz CT molecular complexity index is 1110. The number of benzene rings is 1. The van der Waals surface area contributed by atoms with E-state index >= 15 is 0 Å². The van der Waals surface area contributed by atoms with Gasteiger partial charge in [-0.05, 0) is 67.4 Å². The zero-order chi connectivity index (χ0) is 23.2. The molecule has 0 N–H and O–H groups in total. The van der Waals surface area contributed by atoms with Gasteiger partial charge in [-0.1, -0.05) is 12.1 Å². The Labute approximate surface area is 192 Å². The van der Waals surface area contributed by atoms with Gasteiger partial charge in [0.2, 0.25) is 0 Å². The Morgan fingerprint density at radius 1 is 1.15 bits per heavy atom. The largest absolute Gasteiger partial charge is 0.389 e. The van der Waals surface area contributed by atoms with Gasteiger partial charge in [0.05, 0.1) is 6.07 Å². The van der Waals surface area contributed by atoms with Gasteiger partial charge in [-0.25, -0.2) is 4.98 Å². The Hall–Kier alpha value is -2.59. The van der Waals surface area contributed by atoms with Gasteiger partial charge in [0, 0.05) is 61.9 Å². The van der Waals surface area contributed by atoms with Gasteiger partial charge in [0.1, 0.15) is 5.82 Å². The number of piperidine rings is 1. The summed E-state index contributed by atoms with van der Waals surface area (Å²) in [6, 6.07) is 6.83. The van der Waals surface area contributed by atoms with Crippen LogP contribution in [-0.2, 0) is 19.4 Å². The minimum absolute atomic E-state index is 0.00988. The molecule has 2 fully saturated rings. The highest BCUT2D eigenvalue weighted by molar-refractivity contribution is 5.70. The van der Waals surface area contributed by atoms with Crippen LogP contribution in [0.4, 0.5) is 13.2 Å². The summed E-state index contributed by atoms with van der Waals surface area (Å²) in [5.74, 6) is 1.42. The highest BCUT2D eigenvalue weighted by Gasteiger charge is 2.34. The monoisotopic (exact) mass is 454 g/mol. The third-order valence-corrected chi connectivity index (χ3v) is 7.39. The first-order valence-electron chi connectivity index (χ1n) is 11.9. The molecule has 2 aliphatic carbocycles. The number of alkyl halides is 3. The van der Waals surface area contributed by atoms with Crippen LogP contribution in [0.5, 0.6) is 0 Å². The lowest BCUT2D eigenvalue weighted by molar-refractivity contribution is -0.134. The van der Waals surface area contributed by atoms with E-state index in [-0.39, 0.29) is 12.5 Å². The number of aromatic nitrogens is 2. The summed E-state index contributed by atoms with van der Waals surface area (Å²) in [5.41, 5.74) is 6.52. The number of hydrogen-bond acceptors (Lipinski definition) is 3. The molecular formula is C26H29F3N4. The fourth-order valence-electron chi connectivity index (χ4n) is 5.37. The van der Waals surface area contributed by atoms with Gasteiger partial charge in [0.25, 0.3) is 0 Å². The number of halogens is 3. The van der Waals surface area contributed by atoms with Crippen LogP contribution in [0.1, 0.15) is 77.8 Å². The molecule has 2 aromatic rings. The molecule has 1 aromatic heterocycles. The number of allylic oxidation sites excluding steroid dienone is 1. The van der Waals surface area contributed by atoms with Crippen LogP contribution in [0.3, 0.4) is 0 Å². The lowest BCUT2D eigenvalue weighted by atomic mass is 9.97. The van der Waals surface area contributed by atoms with Crippen LogP contribution >= 0.6 is 0 Å². The third-order valence-electron chi connectivity index (χ3n) is 7.39. The van der Waals surface area contributed by atoms with Crippen molar-refractivity contribution >= 4 is 6.08 Å². The maximum Gasteiger partial charge on any atom is 0.389 e. The second kappa shape index (κ2) is 8.64. The number of imidazole rings is 1. The standard InChI is InChI=1S/C26H29F3N4/c1-17-21(5-4-20-12-18(14-30)13-24(17)20)16-32-10-7-22(8-11-32)33-23(6-9-26(27,28)29)15-31-25(33)19-2-3-19/h4-5,13,15,19,22H,2-3,6-12,16H2,1H3. The Morgan fingerprint density at radius 2 is 1.91 bits per heavy atom. The molecule has 174 valence electrons. The van der Waals surface area contributed by atoms with Crippen LogP contribution in [0.15, 0.2) is 23.9 Å². The SMILES string of the molecule is Cc1c(CN2CCC(n3c(CCC(F)(F)F)cnc3C3CC3)CC2)ccc2c1C=C(C#N)C2. The van der Waals surface area contributed by atoms with Crippen molar-refractivity contribution in [1.29, 1.82) is 5.26 Å². The fraction of sp³-hybridized carbons (Fsp3) is 0.538. The molecule has 0 spiro atoms. The van der Waals surface area contributed by atoms with E-state index in [9.17, 15) is 18.4 Å². The lowest BCUT2D eigenvalue weighted by Gasteiger charge is -2.34. The number of rotatable bonds is 6. The van der Waals surface area contributed by atoms with E-state index in [0.29, 0.717) is 5.92 Å². The van der Waals surface area contributed by atoms with Crippen LogP contribution in [-0.4, -0.2) is 33.7 Å². The Kier molecular flexibility index (Phi) is 5.82. The van der Waals surface area contributed by atoms with Crippen molar-refractivity contribution in [2.24, 2.45) is 0 Å². The minimum Gasteiger partial charge on any atom is -0.329 e. The van der Waals surface area contributed by atoms with E-state index in [2.05, 4.69) is 39.6 Å². The molecule has 33 heavy (non-hydrogen) atoms. The number of fused-ring (bicyclic) bond motifs is 1. The first-order chi connectivity index (χ1) is 15.8. The summed E-state index contributed by atoms with van der Waals surface area (Å²) in [5, 5.41) is 9.22. The molecule has 1 aromatic carbocycles. The van der Waals surface area contributed by atoms with Gasteiger partial charge in [0.15, 0.2) is 0 Å². The Morgan fingerprint density at radius 3 is 2.58 bits per heavy atom. The average Bonchev–Trinajstić information content (AvgIpc) is 3.39. The molecule has 2 heterocycles. The molecule has 0 radical (unpaired) electrons. The molecule has 1 saturated heterocycles. The predicted octanol–water partition coefficient (Wildman–Crippen LogP) is 5.86. The second-order valence-corrected chi connectivity index (χ2v) is 9.76. The summed E-state index contributed by atoms with van der Waals surface area (Å²) < 4.78 is 40.7. The zero-order valence-corrected chi connectivity index (χ0v) is 19.0. The molecule has 0 bridgehead atoms. The molecule has 5 rings (SSSR count). The quantitative estimate of drug-likeness (QED) is 0.549. The fourth-order valence-corrected chi connectivity index (χ4v) is 5.37. The zero-order valence-electron chi connectivity index (χ0n) is 19.0. The number of hydrogen-bond donors (Lipinski definition) is 0. The van der Waals surface area contributed by atoms with E-state index in [1.807, 2.05) is 6.08 Å². The molecule has 0 unspecified atom stereocenters. The summed E-state index contributed by atoms with van der Waals surface area (Å²) in [7, 11) is 0. The molecular weight excluding hydrogens is 425 g/mol. The van der Waals surface area contributed by atoms with E-state index in [1.54, 1.807) is 6.20 Å². The van der Waals surface area contributed by atoms with Gasteiger partial charge in [-0.15, -0.1) is 0 Å². The van der Waals surface area contributed by atoms with Crippen LogP contribution in [0, 0.1) is 18.3 Å². The molecule has 4 nitrogen and oxygen atoms in total. The van der Waals surface area contributed by atoms with Crippen molar-refractivity contribution in [2.45, 2.75) is 76.6 Å². The lowest BCUT2D eigenvalue weighted by Crippen LogP contribution is -2.35. The van der Waals surface area contributed by atoms with E-state index in [1.165, 1.54) is 22.3 Å². The minimum atomic E-state index is -4.14. The number of nitrogens with zero attached hydrogens (tertiary/aromatic N) is 4. The van der Waals surface area contributed by atoms with Crippen molar-refractivity contribution in [2.75, 3.05) is 13.1 Å². The van der Waals surface area contributed by atoms with Gasteiger partial charge in [-0.3, -0.25) is 4.90 Å². The average molecular weight is 455 g/mol. The maximum atomic E-state index is 12.9.